The molecule has 1 aromatic heterocycles. The van der Waals surface area contributed by atoms with E-state index in [1.54, 1.807) is 0 Å². The summed E-state index contributed by atoms with van der Waals surface area (Å²) in [5.41, 5.74) is -5.62. The molecule has 0 saturated heterocycles. The number of nitrogens with zero attached hydrogens (tertiary/aromatic N) is 1. The number of nitrogens with one attached hydrogen (secondary N) is 1. The Morgan fingerprint density at radius 2 is 2.04 bits per heavy atom. The fourth-order valence-corrected chi connectivity index (χ4v) is 3.86. The first-order chi connectivity index (χ1) is 11.5. The number of aromatic nitrogens is 1. The van der Waals surface area contributed by atoms with Gasteiger partial charge in [0.1, 0.15) is 0 Å². The van der Waals surface area contributed by atoms with Crippen LogP contribution in [0.4, 0.5) is 13.2 Å². The predicted molar refractivity (Wildman–Crippen MR) is 86.6 cm³/mol. The van der Waals surface area contributed by atoms with Gasteiger partial charge in [0.05, 0.1) is 22.1 Å². The van der Waals surface area contributed by atoms with Gasteiger partial charge >= 0.3 is 5.51 Å². The second-order valence-electron chi connectivity index (χ2n) is 5.19. The summed E-state index contributed by atoms with van der Waals surface area (Å²) in [6.07, 6.45) is 5.21. The number of rotatable bonds is 5. The minimum absolute atomic E-state index is 0.00129. The first-order valence-corrected chi connectivity index (χ1v) is 9.89. The summed E-state index contributed by atoms with van der Waals surface area (Å²) in [6.45, 7) is 1.38. The summed E-state index contributed by atoms with van der Waals surface area (Å²) in [7, 11) is -6.67. The molecule has 138 valence electrons. The third-order valence-electron chi connectivity index (χ3n) is 3.47. The Balaban J connectivity index is 2.24. The molecule has 2 rings (SSSR count). The number of pyridine rings is 1. The lowest BCUT2D eigenvalue weighted by molar-refractivity contribution is -0.0384. The maximum absolute atomic E-state index is 12.6. The largest absolute Gasteiger partial charge is 0.475 e. The maximum atomic E-state index is 12.6. The van der Waals surface area contributed by atoms with Crippen molar-refractivity contribution in [3.8, 4) is 0 Å². The highest BCUT2D eigenvalue weighted by Crippen LogP contribution is 2.26. The lowest BCUT2D eigenvalue weighted by atomic mass is 10.2. The Morgan fingerprint density at radius 3 is 2.64 bits per heavy atom. The van der Waals surface area contributed by atoms with Crippen LogP contribution in [0.2, 0.25) is 0 Å². The number of alkyl halides is 3. The van der Waals surface area contributed by atoms with E-state index in [1.807, 2.05) is 0 Å². The molecule has 1 aliphatic rings. The molecule has 0 radical (unpaired) electrons. The summed E-state index contributed by atoms with van der Waals surface area (Å²) in [5.74, 6) is -0.0822. The summed E-state index contributed by atoms with van der Waals surface area (Å²) in [4.78, 5) is 15.0. The molecule has 1 unspecified atom stereocenters. The zero-order valence-electron chi connectivity index (χ0n) is 13.0. The summed E-state index contributed by atoms with van der Waals surface area (Å²) in [5, 5.41) is 0. The second kappa shape index (κ2) is 7.16. The van der Waals surface area contributed by atoms with Crippen molar-refractivity contribution in [2.45, 2.75) is 23.9 Å². The van der Waals surface area contributed by atoms with Crippen molar-refractivity contribution in [2.24, 2.45) is 0 Å². The molecule has 0 aliphatic carbocycles. The predicted octanol–water partition coefficient (Wildman–Crippen LogP) is 1.65. The standard InChI is InChI=1S/C14H15F3N2O4S2/c1-2-25(22,23)12-4-3-5-19(9-12)8-10-6-11(7-18-13(10)20)24(21)14(15,16)17/h3-7H,2,8-9H2,1H3,(H,18,20). The molecule has 11 heteroatoms. The molecule has 0 aromatic carbocycles. The van der Waals surface area contributed by atoms with Crippen molar-refractivity contribution in [1.82, 2.24) is 9.88 Å². The zero-order valence-corrected chi connectivity index (χ0v) is 14.7. The van der Waals surface area contributed by atoms with E-state index in [2.05, 4.69) is 4.98 Å². The van der Waals surface area contributed by atoms with E-state index in [0.717, 1.165) is 12.3 Å². The van der Waals surface area contributed by atoms with Crippen molar-refractivity contribution in [2.75, 3.05) is 12.3 Å². The molecule has 2 heterocycles. The molecule has 25 heavy (non-hydrogen) atoms. The smallest absolute Gasteiger partial charge is 0.368 e. The van der Waals surface area contributed by atoms with Gasteiger partial charge in [-0.15, -0.1) is 0 Å². The number of aromatic amines is 1. The Hall–Kier alpha value is -1.88. The number of halogens is 3. The molecule has 6 nitrogen and oxygen atoms in total. The fourth-order valence-electron chi connectivity index (χ4n) is 2.16. The van der Waals surface area contributed by atoms with E-state index in [0.29, 0.717) is 0 Å². The normalized spacial score (nSPS) is 16.6. The Morgan fingerprint density at radius 1 is 1.36 bits per heavy atom. The molecular formula is C14H15F3N2O4S2. The van der Waals surface area contributed by atoms with Gasteiger partial charge in [-0.2, -0.15) is 13.2 Å². The van der Waals surface area contributed by atoms with Crippen LogP contribution in [0, 0.1) is 0 Å². The second-order valence-corrected chi connectivity index (χ2v) is 8.99. The summed E-state index contributed by atoms with van der Waals surface area (Å²) < 4.78 is 72.9. The van der Waals surface area contributed by atoms with Crippen LogP contribution in [-0.2, 0) is 27.2 Å². The number of sulfone groups is 1. The zero-order chi connectivity index (χ0) is 18.8. The SMILES string of the molecule is CCS(=O)(=O)C1=CC=CN(Cc2cc(S(=O)C(F)(F)F)c[nH]c2=O)C1. The minimum atomic E-state index is -4.94. The van der Waals surface area contributed by atoms with Gasteiger partial charge in [0, 0.05) is 18.3 Å². The third kappa shape index (κ3) is 4.60. The number of hydrogen-bond acceptors (Lipinski definition) is 5. The molecule has 0 spiro atoms. The van der Waals surface area contributed by atoms with Crippen LogP contribution in [0.3, 0.4) is 0 Å². The van der Waals surface area contributed by atoms with Gasteiger partial charge in [-0.3, -0.25) is 4.79 Å². The van der Waals surface area contributed by atoms with Crippen LogP contribution < -0.4 is 5.56 Å². The monoisotopic (exact) mass is 396 g/mol. The number of H-pyrrole nitrogens is 1. The lowest BCUT2D eigenvalue weighted by Gasteiger charge is -2.24. The average Bonchev–Trinajstić information content (AvgIpc) is 2.55. The van der Waals surface area contributed by atoms with Gasteiger partial charge in [0.2, 0.25) is 0 Å². The Bertz CT molecular complexity index is 901. The van der Waals surface area contributed by atoms with Gasteiger partial charge in [0.15, 0.2) is 20.6 Å². The van der Waals surface area contributed by atoms with Crippen molar-refractivity contribution < 1.29 is 25.8 Å². The average molecular weight is 396 g/mol. The molecule has 0 bridgehead atoms. The maximum Gasteiger partial charge on any atom is 0.475 e. The molecule has 1 aliphatic heterocycles. The summed E-state index contributed by atoms with van der Waals surface area (Å²) in [6, 6.07) is 0.919. The highest BCUT2D eigenvalue weighted by molar-refractivity contribution is 7.95. The van der Waals surface area contributed by atoms with Crippen molar-refractivity contribution in [3.63, 3.8) is 0 Å². The summed E-state index contributed by atoms with van der Waals surface area (Å²) >= 11 is 0. The van der Waals surface area contributed by atoms with E-state index in [4.69, 9.17) is 0 Å². The first kappa shape index (κ1) is 19.4. The van der Waals surface area contributed by atoms with E-state index in [9.17, 15) is 30.6 Å². The van der Waals surface area contributed by atoms with Gasteiger partial charge in [-0.05, 0) is 24.4 Å². The van der Waals surface area contributed by atoms with Gasteiger partial charge in [0.25, 0.3) is 5.56 Å². The lowest BCUT2D eigenvalue weighted by Crippen LogP contribution is -2.29. The van der Waals surface area contributed by atoms with E-state index in [-0.39, 0.29) is 29.3 Å². The molecule has 0 fully saturated rings. The van der Waals surface area contributed by atoms with Crippen LogP contribution in [0.15, 0.2) is 45.2 Å². The van der Waals surface area contributed by atoms with Gasteiger partial charge in [-0.1, -0.05) is 6.92 Å². The van der Waals surface area contributed by atoms with Crippen molar-refractivity contribution in [3.05, 3.63) is 51.4 Å². The number of hydrogen-bond donors (Lipinski definition) is 1. The van der Waals surface area contributed by atoms with E-state index in [1.165, 1.54) is 30.2 Å². The van der Waals surface area contributed by atoms with E-state index >= 15 is 0 Å². The van der Waals surface area contributed by atoms with Crippen LogP contribution in [-0.4, -0.2) is 40.3 Å². The van der Waals surface area contributed by atoms with Gasteiger partial charge < -0.3 is 9.88 Å². The molecule has 1 N–H and O–H groups in total. The van der Waals surface area contributed by atoms with Crippen LogP contribution >= 0.6 is 0 Å². The van der Waals surface area contributed by atoms with Crippen molar-refractivity contribution in [1.29, 1.82) is 0 Å². The highest BCUT2D eigenvalue weighted by atomic mass is 32.2. The minimum Gasteiger partial charge on any atom is -0.368 e. The first-order valence-electron chi connectivity index (χ1n) is 7.09. The highest BCUT2D eigenvalue weighted by Gasteiger charge is 2.38. The topological polar surface area (TPSA) is 87.3 Å². The van der Waals surface area contributed by atoms with Crippen LogP contribution in [0.5, 0.6) is 0 Å². The van der Waals surface area contributed by atoms with Crippen LogP contribution in [0.1, 0.15) is 12.5 Å². The fraction of sp³-hybridized carbons (Fsp3) is 0.357. The number of allylic oxidation sites excluding steroid dienone is 2. The van der Waals surface area contributed by atoms with Gasteiger partial charge in [-0.25, -0.2) is 12.6 Å². The molecule has 1 atom stereocenters. The third-order valence-corrected chi connectivity index (χ3v) is 6.38. The van der Waals surface area contributed by atoms with Crippen molar-refractivity contribution >= 4 is 20.6 Å². The Labute approximate surface area is 144 Å². The van der Waals surface area contributed by atoms with E-state index < -0.39 is 36.6 Å². The Kier molecular flexibility index (Phi) is 5.57. The molecule has 0 amide bonds. The molecular weight excluding hydrogens is 381 g/mol. The van der Waals surface area contributed by atoms with Crippen LogP contribution in [0.25, 0.3) is 0 Å². The molecule has 0 saturated carbocycles. The molecule has 1 aromatic rings. The quantitative estimate of drug-likeness (QED) is 0.818.